The molecule has 1 aromatic carbocycles. The quantitative estimate of drug-likeness (QED) is 0.732. The summed E-state index contributed by atoms with van der Waals surface area (Å²) >= 11 is 3.29. The van der Waals surface area contributed by atoms with Crippen molar-refractivity contribution >= 4 is 26.0 Å². The lowest BCUT2D eigenvalue weighted by Crippen LogP contribution is -2.25. The molecular weight excluding hydrogens is 348 g/mol. The lowest BCUT2D eigenvalue weighted by Gasteiger charge is -2.11. The Hall–Kier alpha value is -1.29. The summed E-state index contributed by atoms with van der Waals surface area (Å²) in [7, 11) is -3.70. The monoisotopic (exact) mass is 360 g/mol. The highest BCUT2D eigenvalue weighted by Gasteiger charge is 2.19. The van der Waals surface area contributed by atoms with E-state index in [1.807, 2.05) is 0 Å². The lowest BCUT2D eigenvalue weighted by molar-refractivity contribution is 0.281. The van der Waals surface area contributed by atoms with Gasteiger partial charge in [0.05, 0.1) is 18.0 Å². The molecule has 0 saturated carbocycles. The second-order valence-electron chi connectivity index (χ2n) is 4.12. The summed E-state index contributed by atoms with van der Waals surface area (Å²) in [6.07, 6.45) is 1.30. The van der Waals surface area contributed by atoms with Gasteiger partial charge in [-0.2, -0.15) is 5.10 Å². The zero-order valence-corrected chi connectivity index (χ0v) is 13.0. The van der Waals surface area contributed by atoms with Gasteiger partial charge in [0, 0.05) is 4.47 Å². The zero-order valence-electron chi connectivity index (χ0n) is 10.6. The molecule has 0 fully saturated rings. The van der Waals surface area contributed by atoms with Crippen LogP contribution in [0.15, 0.2) is 27.8 Å². The first-order valence-corrected chi connectivity index (χ1v) is 7.95. The molecule has 0 bridgehead atoms. The minimum absolute atomic E-state index is 0.0166. The Morgan fingerprint density at radius 2 is 2.20 bits per heavy atom. The number of aromatic nitrogens is 3. The summed E-state index contributed by atoms with van der Waals surface area (Å²) in [5, 5.41) is 15.4. The number of nitrogens with one attached hydrogen (secondary N) is 2. The molecular formula is C11H13BrN4O3S. The second kappa shape index (κ2) is 6.00. The fourth-order valence-electron chi connectivity index (χ4n) is 1.63. The number of sulfonamides is 1. The van der Waals surface area contributed by atoms with Gasteiger partial charge >= 0.3 is 0 Å². The number of halogens is 1. The van der Waals surface area contributed by atoms with Gasteiger partial charge in [0.2, 0.25) is 10.0 Å². The van der Waals surface area contributed by atoms with Gasteiger partial charge in [-0.3, -0.25) is 5.10 Å². The van der Waals surface area contributed by atoms with Crippen molar-refractivity contribution < 1.29 is 13.5 Å². The van der Waals surface area contributed by atoms with E-state index in [-0.39, 0.29) is 18.0 Å². The highest BCUT2D eigenvalue weighted by atomic mass is 79.9. The molecule has 3 N–H and O–H groups in total. The van der Waals surface area contributed by atoms with E-state index in [9.17, 15) is 8.42 Å². The molecule has 0 aliphatic rings. The van der Waals surface area contributed by atoms with Gasteiger partial charge in [0.15, 0.2) is 0 Å². The predicted octanol–water partition coefficient (Wildman–Crippen LogP) is 0.846. The van der Waals surface area contributed by atoms with E-state index in [2.05, 4.69) is 35.8 Å². The van der Waals surface area contributed by atoms with Crippen molar-refractivity contribution in [2.45, 2.75) is 25.0 Å². The number of hydrogen-bond donors (Lipinski definition) is 3. The summed E-state index contributed by atoms with van der Waals surface area (Å²) in [5.74, 6) is 0.420. The minimum Gasteiger partial charge on any atom is -0.392 e. The third-order valence-electron chi connectivity index (χ3n) is 2.72. The lowest BCUT2D eigenvalue weighted by atomic mass is 10.2. The highest BCUT2D eigenvalue weighted by Crippen LogP contribution is 2.25. The Labute approximate surface area is 124 Å². The number of aliphatic hydroxyl groups is 1. The zero-order chi connectivity index (χ0) is 14.8. The van der Waals surface area contributed by atoms with Gasteiger partial charge in [-0.05, 0) is 30.2 Å². The number of nitrogens with zero attached hydrogens (tertiary/aromatic N) is 2. The van der Waals surface area contributed by atoms with Gasteiger partial charge in [-0.25, -0.2) is 18.1 Å². The van der Waals surface area contributed by atoms with E-state index in [1.54, 1.807) is 13.0 Å². The molecule has 0 amide bonds. The molecule has 1 aromatic heterocycles. The predicted molar refractivity (Wildman–Crippen MR) is 75.2 cm³/mol. The van der Waals surface area contributed by atoms with E-state index in [0.29, 0.717) is 21.4 Å². The number of hydrogen-bond acceptors (Lipinski definition) is 5. The number of rotatable bonds is 5. The van der Waals surface area contributed by atoms with E-state index in [1.165, 1.54) is 12.4 Å². The SMILES string of the molecule is Cc1c(Br)cc(CO)cc1S(=O)(=O)NCc1ncn[nH]1. The van der Waals surface area contributed by atoms with E-state index in [0.717, 1.165) is 0 Å². The van der Waals surface area contributed by atoms with Crippen molar-refractivity contribution in [3.63, 3.8) is 0 Å². The number of aliphatic hydroxyl groups excluding tert-OH is 1. The van der Waals surface area contributed by atoms with Crippen LogP contribution in [-0.4, -0.2) is 28.7 Å². The van der Waals surface area contributed by atoms with Crippen LogP contribution in [0.3, 0.4) is 0 Å². The summed E-state index contributed by atoms with van der Waals surface area (Å²) in [4.78, 5) is 3.96. The molecule has 1 heterocycles. The van der Waals surface area contributed by atoms with Crippen LogP contribution in [0, 0.1) is 6.92 Å². The Morgan fingerprint density at radius 3 is 2.80 bits per heavy atom. The first kappa shape index (κ1) is 15.1. The van der Waals surface area contributed by atoms with Crippen molar-refractivity contribution in [3.05, 3.63) is 39.9 Å². The van der Waals surface area contributed by atoms with Crippen LogP contribution in [-0.2, 0) is 23.2 Å². The Kier molecular flexibility index (Phi) is 4.53. The van der Waals surface area contributed by atoms with Gasteiger partial charge < -0.3 is 5.11 Å². The molecule has 20 heavy (non-hydrogen) atoms. The van der Waals surface area contributed by atoms with E-state index in [4.69, 9.17) is 5.11 Å². The largest absolute Gasteiger partial charge is 0.392 e. The van der Waals surface area contributed by atoms with Crippen molar-refractivity contribution in [2.24, 2.45) is 0 Å². The molecule has 0 atom stereocenters. The smallest absolute Gasteiger partial charge is 0.241 e. The molecule has 0 radical (unpaired) electrons. The number of H-pyrrole nitrogens is 1. The molecule has 7 nitrogen and oxygen atoms in total. The maximum atomic E-state index is 12.3. The summed E-state index contributed by atoms with van der Waals surface area (Å²) in [6, 6.07) is 3.13. The molecule has 0 spiro atoms. The topological polar surface area (TPSA) is 108 Å². The van der Waals surface area contributed by atoms with Crippen molar-refractivity contribution in [3.8, 4) is 0 Å². The molecule has 0 aliphatic heterocycles. The summed E-state index contributed by atoms with van der Waals surface area (Å²) < 4.78 is 27.6. The Balaban J connectivity index is 2.31. The molecule has 0 saturated heterocycles. The van der Waals surface area contributed by atoms with Crippen molar-refractivity contribution in [1.29, 1.82) is 0 Å². The molecule has 2 aromatic rings. The standard InChI is InChI=1S/C11H13BrN4O3S/c1-7-9(12)2-8(5-17)3-10(7)20(18,19)15-4-11-13-6-14-16-11/h2-3,6,15,17H,4-5H2,1H3,(H,13,14,16). The molecule has 0 aliphatic carbocycles. The minimum atomic E-state index is -3.70. The number of aromatic amines is 1. The maximum Gasteiger partial charge on any atom is 0.241 e. The molecule has 108 valence electrons. The average molecular weight is 361 g/mol. The number of benzene rings is 1. The average Bonchev–Trinajstić information content (AvgIpc) is 2.92. The van der Waals surface area contributed by atoms with Gasteiger partial charge in [-0.1, -0.05) is 15.9 Å². The van der Waals surface area contributed by atoms with Crippen LogP contribution < -0.4 is 4.72 Å². The van der Waals surface area contributed by atoms with Crippen LogP contribution in [0.25, 0.3) is 0 Å². The third kappa shape index (κ3) is 3.23. The van der Waals surface area contributed by atoms with Crippen molar-refractivity contribution in [2.75, 3.05) is 0 Å². The van der Waals surface area contributed by atoms with Gasteiger partial charge in [-0.15, -0.1) is 0 Å². The van der Waals surface area contributed by atoms with Gasteiger partial charge in [0.25, 0.3) is 0 Å². The normalized spacial score (nSPS) is 11.8. The van der Waals surface area contributed by atoms with Crippen molar-refractivity contribution in [1.82, 2.24) is 19.9 Å². The Bertz CT molecular complexity index is 701. The first-order valence-electron chi connectivity index (χ1n) is 5.68. The fraction of sp³-hybridized carbons (Fsp3) is 0.273. The Morgan fingerprint density at radius 1 is 1.45 bits per heavy atom. The van der Waals surface area contributed by atoms with Crippen LogP contribution >= 0.6 is 15.9 Å². The summed E-state index contributed by atoms with van der Waals surface area (Å²) in [6.45, 7) is 1.47. The molecule has 9 heteroatoms. The summed E-state index contributed by atoms with van der Waals surface area (Å²) in [5.41, 5.74) is 1.09. The van der Waals surface area contributed by atoms with Crippen LogP contribution in [0.2, 0.25) is 0 Å². The first-order chi connectivity index (χ1) is 9.44. The van der Waals surface area contributed by atoms with Crippen LogP contribution in [0.1, 0.15) is 17.0 Å². The third-order valence-corrected chi connectivity index (χ3v) is 5.07. The molecule has 2 rings (SSSR count). The van der Waals surface area contributed by atoms with Crippen LogP contribution in [0.5, 0.6) is 0 Å². The van der Waals surface area contributed by atoms with E-state index < -0.39 is 10.0 Å². The second-order valence-corrected chi connectivity index (χ2v) is 6.71. The highest BCUT2D eigenvalue weighted by molar-refractivity contribution is 9.10. The van der Waals surface area contributed by atoms with E-state index >= 15 is 0 Å². The maximum absolute atomic E-state index is 12.3. The van der Waals surface area contributed by atoms with Crippen LogP contribution in [0.4, 0.5) is 0 Å². The molecule has 0 unspecified atom stereocenters. The van der Waals surface area contributed by atoms with Gasteiger partial charge in [0.1, 0.15) is 12.2 Å². The fourth-order valence-corrected chi connectivity index (χ4v) is 3.58.